The highest BCUT2D eigenvalue weighted by molar-refractivity contribution is 6.13. The van der Waals surface area contributed by atoms with E-state index in [0.717, 1.165) is 11.1 Å². The number of rotatable bonds is 8. The summed E-state index contributed by atoms with van der Waals surface area (Å²) in [6.45, 7) is 5.66. The SMILES string of the molecule is CCC(Oc1ccc2[nH]c(NC(=O)c3[nH]cnc3C(=O)Nc3ccc(C)cc3C)nc2c1)C(=O)OC. The summed E-state index contributed by atoms with van der Waals surface area (Å²) in [7, 11) is 1.30. The first-order valence-corrected chi connectivity index (χ1v) is 11.3. The van der Waals surface area contributed by atoms with Crippen molar-refractivity contribution in [2.45, 2.75) is 33.3 Å². The lowest BCUT2D eigenvalue weighted by Crippen LogP contribution is -2.27. The van der Waals surface area contributed by atoms with Crippen LogP contribution in [0.15, 0.2) is 42.7 Å². The molecule has 0 saturated heterocycles. The van der Waals surface area contributed by atoms with Gasteiger partial charge in [-0.3, -0.25) is 14.9 Å². The Kier molecular flexibility index (Phi) is 7.00. The summed E-state index contributed by atoms with van der Waals surface area (Å²) in [6.07, 6.45) is 0.981. The molecule has 11 heteroatoms. The quantitative estimate of drug-likeness (QED) is 0.275. The Morgan fingerprint density at radius 3 is 2.58 bits per heavy atom. The molecular weight excluding hydrogens is 464 g/mol. The van der Waals surface area contributed by atoms with Crippen molar-refractivity contribution in [3.63, 3.8) is 0 Å². The molecule has 2 aromatic carbocycles. The molecule has 0 radical (unpaired) electrons. The molecule has 186 valence electrons. The molecule has 0 fully saturated rings. The van der Waals surface area contributed by atoms with Crippen LogP contribution in [-0.4, -0.2) is 50.9 Å². The van der Waals surface area contributed by atoms with Crippen molar-refractivity contribution in [2.24, 2.45) is 0 Å². The summed E-state index contributed by atoms with van der Waals surface area (Å²) in [4.78, 5) is 51.6. The lowest BCUT2D eigenvalue weighted by atomic mass is 10.1. The number of anilines is 2. The molecule has 4 N–H and O–H groups in total. The van der Waals surface area contributed by atoms with Gasteiger partial charge < -0.3 is 24.8 Å². The van der Waals surface area contributed by atoms with Gasteiger partial charge in [-0.05, 0) is 44.0 Å². The van der Waals surface area contributed by atoms with E-state index in [-0.39, 0.29) is 17.3 Å². The molecule has 1 atom stereocenters. The van der Waals surface area contributed by atoms with Crippen LogP contribution in [0.1, 0.15) is 45.4 Å². The number of esters is 1. The molecule has 0 aliphatic carbocycles. The first-order chi connectivity index (χ1) is 17.3. The normalized spacial score (nSPS) is 11.7. The van der Waals surface area contributed by atoms with Crippen LogP contribution in [0, 0.1) is 13.8 Å². The van der Waals surface area contributed by atoms with Crippen LogP contribution in [0.5, 0.6) is 5.75 Å². The first kappa shape index (κ1) is 24.5. The second-order valence-electron chi connectivity index (χ2n) is 8.16. The van der Waals surface area contributed by atoms with Crippen LogP contribution < -0.4 is 15.4 Å². The molecular formula is C25H26N6O5. The lowest BCUT2D eigenvalue weighted by molar-refractivity contribution is -0.148. The van der Waals surface area contributed by atoms with Crippen molar-refractivity contribution < 1.29 is 23.9 Å². The minimum atomic E-state index is -0.737. The highest BCUT2D eigenvalue weighted by atomic mass is 16.6. The molecule has 4 rings (SSSR count). The summed E-state index contributed by atoms with van der Waals surface area (Å²) in [5.41, 5.74) is 3.70. The third-order valence-electron chi connectivity index (χ3n) is 5.51. The first-order valence-electron chi connectivity index (χ1n) is 11.3. The minimum absolute atomic E-state index is 0.00870. The maximum Gasteiger partial charge on any atom is 0.347 e. The number of benzene rings is 2. The summed E-state index contributed by atoms with van der Waals surface area (Å²) in [5.74, 6) is -0.976. The molecule has 36 heavy (non-hydrogen) atoms. The molecule has 0 saturated carbocycles. The van der Waals surface area contributed by atoms with E-state index in [4.69, 9.17) is 9.47 Å². The lowest BCUT2D eigenvalue weighted by Gasteiger charge is -2.14. The third kappa shape index (κ3) is 5.19. The van der Waals surface area contributed by atoms with Gasteiger partial charge in [0.2, 0.25) is 5.95 Å². The number of amides is 2. The number of aryl methyl sites for hydroxylation is 2. The Labute approximate surface area is 206 Å². The van der Waals surface area contributed by atoms with E-state index in [9.17, 15) is 14.4 Å². The third-order valence-corrected chi connectivity index (χ3v) is 5.51. The van der Waals surface area contributed by atoms with Gasteiger partial charge in [-0.25, -0.2) is 14.8 Å². The van der Waals surface area contributed by atoms with Gasteiger partial charge >= 0.3 is 5.97 Å². The number of aromatic amines is 2. The van der Waals surface area contributed by atoms with Crippen molar-refractivity contribution >= 4 is 40.5 Å². The van der Waals surface area contributed by atoms with Crippen LogP contribution in [0.2, 0.25) is 0 Å². The number of methoxy groups -OCH3 is 1. The van der Waals surface area contributed by atoms with Crippen LogP contribution in [-0.2, 0) is 9.53 Å². The van der Waals surface area contributed by atoms with E-state index >= 15 is 0 Å². The number of nitrogens with one attached hydrogen (secondary N) is 4. The molecule has 0 bridgehead atoms. The fourth-order valence-electron chi connectivity index (χ4n) is 3.66. The van der Waals surface area contributed by atoms with Gasteiger partial charge in [-0.2, -0.15) is 0 Å². The van der Waals surface area contributed by atoms with Crippen molar-refractivity contribution in [1.29, 1.82) is 0 Å². The monoisotopic (exact) mass is 490 g/mol. The maximum absolute atomic E-state index is 12.9. The predicted octanol–water partition coefficient (Wildman–Crippen LogP) is 3.74. The number of carbonyl (C=O) groups is 3. The summed E-state index contributed by atoms with van der Waals surface area (Å²) in [5, 5.41) is 5.43. The van der Waals surface area contributed by atoms with Crippen molar-refractivity contribution in [2.75, 3.05) is 17.7 Å². The number of hydrogen-bond acceptors (Lipinski definition) is 7. The molecule has 2 heterocycles. The second kappa shape index (κ2) is 10.3. The highest BCUT2D eigenvalue weighted by Gasteiger charge is 2.22. The van der Waals surface area contributed by atoms with E-state index in [1.54, 1.807) is 24.3 Å². The number of carbonyl (C=O) groups excluding carboxylic acids is 3. The fourth-order valence-corrected chi connectivity index (χ4v) is 3.66. The van der Waals surface area contributed by atoms with E-state index in [1.807, 2.05) is 32.9 Å². The molecule has 4 aromatic rings. The number of ether oxygens (including phenoxy) is 2. The van der Waals surface area contributed by atoms with Gasteiger partial charge in [0, 0.05) is 11.8 Å². The Morgan fingerprint density at radius 1 is 1.06 bits per heavy atom. The molecule has 2 aromatic heterocycles. The maximum atomic E-state index is 12.9. The number of nitrogens with zero attached hydrogens (tertiary/aromatic N) is 2. The van der Waals surface area contributed by atoms with Crippen LogP contribution in [0.3, 0.4) is 0 Å². The van der Waals surface area contributed by atoms with Gasteiger partial charge in [-0.15, -0.1) is 0 Å². The zero-order valence-electron chi connectivity index (χ0n) is 20.3. The standard InChI is InChI=1S/C25H26N6O5/c1-5-19(24(34)35-4)36-15-7-9-17-18(11-15)30-25(29-17)31-23(33)21-20(26-12-27-21)22(32)28-16-8-6-13(2)10-14(16)3/h6-12,19H,5H2,1-4H3,(H,26,27)(H,28,32)(H2,29,30,31,33). The summed E-state index contributed by atoms with van der Waals surface area (Å²) >= 11 is 0. The average Bonchev–Trinajstić information content (AvgIpc) is 3.50. The van der Waals surface area contributed by atoms with Crippen LogP contribution in [0.4, 0.5) is 11.6 Å². The largest absolute Gasteiger partial charge is 0.479 e. The van der Waals surface area contributed by atoms with Gasteiger partial charge in [0.15, 0.2) is 11.8 Å². The Bertz CT molecular complexity index is 1440. The Morgan fingerprint density at radius 2 is 1.86 bits per heavy atom. The number of aromatic nitrogens is 4. The molecule has 0 aliphatic rings. The highest BCUT2D eigenvalue weighted by Crippen LogP contribution is 2.23. The number of imidazole rings is 2. The smallest absolute Gasteiger partial charge is 0.347 e. The molecule has 0 spiro atoms. The summed E-state index contributed by atoms with van der Waals surface area (Å²) in [6, 6.07) is 10.7. The fraction of sp³-hybridized carbons (Fsp3) is 0.240. The molecule has 2 amide bonds. The molecule has 0 aliphatic heterocycles. The Balaban J connectivity index is 1.48. The topological polar surface area (TPSA) is 151 Å². The van der Waals surface area contributed by atoms with Gasteiger partial charge in [0.1, 0.15) is 11.4 Å². The van der Waals surface area contributed by atoms with Crippen molar-refractivity contribution in [1.82, 2.24) is 19.9 Å². The van der Waals surface area contributed by atoms with E-state index in [1.165, 1.54) is 13.4 Å². The molecule has 11 nitrogen and oxygen atoms in total. The molecule has 1 unspecified atom stereocenters. The van der Waals surface area contributed by atoms with Gasteiger partial charge in [-0.1, -0.05) is 24.6 Å². The second-order valence-corrected chi connectivity index (χ2v) is 8.16. The van der Waals surface area contributed by atoms with Crippen molar-refractivity contribution in [3.8, 4) is 5.75 Å². The minimum Gasteiger partial charge on any atom is -0.479 e. The number of H-pyrrole nitrogens is 2. The number of fused-ring (bicyclic) bond motifs is 1. The summed E-state index contributed by atoms with van der Waals surface area (Å²) < 4.78 is 10.5. The number of hydrogen-bond donors (Lipinski definition) is 4. The zero-order chi connectivity index (χ0) is 25.8. The predicted molar refractivity (Wildman–Crippen MR) is 133 cm³/mol. The van der Waals surface area contributed by atoms with E-state index in [0.29, 0.717) is 28.9 Å². The zero-order valence-corrected chi connectivity index (χ0v) is 20.3. The van der Waals surface area contributed by atoms with Crippen LogP contribution in [0.25, 0.3) is 11.0 Å². The van der Waals surface area contributed by atoms with E-state index in [2.05, 4.69) is 30.6 Å². The van der Waals surface area contributed by atoms with Gasteiger partial charge in [0.05, 0.1) is 24.5 Å². The van der Waals surface area contributed by atoms with Crippen molar-refractivity contribution in [3.05, 3.63) is 65.2 Å². The van der Waals surface area contributed by atoms with Crippen LogP contribution >= 0.6 is 0 Å². The van der Waals surface area contributed by atoms with E-state index < -0.39 is 23.9 Å². The van der Waals surface area contributed by atoms with Gasteiger partial charge in [0.25, 0.3) is 11.8 Å². The average molecular weight is 491 g/mol. The Hall–Kier alpha value is -4.67.